The first-order valence-corrected chi connectivity index (χ1v) is 5.51. The summed E-state index contributed by atoms with van der Waals surface area (Å²) >= 11 is 0. The quantitative estimate of drug-likeness (QED) is 0.761. The Morgan fingerprint density at radius 1 is 1.17 bits per heavy atom. The summed E-state index contributed by atoms with van der Waals surface area (Å²) in [6, 6.07) is 8.63. The van der Waals surface area contributed by atoms with Crippen molar-refractivity contribution in [3.8, 4) is 11.5 Å². The number of rotatable bonds is 5. The Kier molecular flexibility index (Phi) is 3.67. The topological polar surface area (TPSA) is 48.7 Å². The van der Waals surface area contributed by atoms with Gasteiger partial charge in [0.1, 0.15) is 17.3 Å². The second kappa shape index (κ2) is 5.40. The maximum absolute atomic E-state index is 12.1. The molecule has 0 N–H and O–H groups in total. The largest absolute Gasteiger partial charge is 0.497 e. The van der Waals surface area contributed by atoms with Gasteiger partial charge in [-0.15, -0.1) is 0 Å². The van der Waals surface area contributed by atoms with Gasteiger partial charge in [0.25, 0.3) is 0 Å². The van der Waals surface area contributed by atoms with Crippen molar-refractivity contribution in [1.29, 1.82) is 0 Å². The third kappa shape index (κ3) is 2.71. The van der Waals surface area contributed by atoms with Crippen LogP contribution in [0, 0.1) is 0 Å². The zero-order valence-corrected chi connectivity index (χ0v) is 10.3. The molecule has 0 atom stereocenters. The van der Waals surface area contributed by atoms with Gasteiger partial charge in [-0.25, -0.2) is 0 Å². The molecule has 0 spiro atoms. The van der Waals surface area contributed by atoms with Crippen LogP contribution in [0.15, 0.2) is 41.0 Å². The molecule has 4 nitrogen and oxygen atoms in total. The average molecular weight is 246 g/mol. The van der Waals surface area contributed by atoms with E-state index in [9.17, 15) is 4.79 Å². The molecule has 2 aromatic rings. The van der Waals surface area contributed by atoms with Crippen LogP contribution in [0.3, 0.4) is 0 Å². The molecular weight excluding hydrogens is 232 g/mol. The lowest BCUT2D eigenvalue weighted by atomic mass is 10.1. The number of hydrogen-bond donors (Lipinski definition) is 0. The molecule has 4 heteroatoms. The minimum atomic E-state index is -0.0397. The number of furan rings is 1. The van der Waals surface area contributed by atoms with E-state index in [1.807, 2.05) is 0 Å². The van der Waals surface area contributed by atoms with E-state index >= 15 is 0 Å². The first-order valence-electron chi connectivity index (χ1n) is 5.51. The third-order valence-electron chi connectivity index (χ3n) is 2.59. The van der Waals surface area contributed by atoms with E-state index in [1.165, 1.54) is 0 Å². The predicted molar refractivity (Wildman–Crippen MR) is 66.3 cm³/mol. The van der Waals surface area contributed by atoms with Crippen LogP contribution in [-0.2, 0) is 6.42 Å². The van der Waals surface area contributed by atoms with E-state index in [-0.39, 0.29) is 12.2 Å². The lowest BCUT2D eigenvalue weighted by Crippen LogP contribution is -2.03. The minimum Gasteiger partial charge on any atom is -0.497 e. The van der Waals surface area contributed by atoms with Crippen LogP contribution < -0.4 is 9.47 Å². The first kappa shape index (κ1) is 12.2. The lowest BCUT2D eigenvalue weighted by molar-refractivity contribution is 0.0986. The molecule has 0 aliphatic rings. The molecule has 1 aromatic carbocycles. The van der Waals surface area contributed by atoms with Gasteiger partial charge in [-0.1, -0.05) is 0 Å². The highest BCUT2D eigenvalue weighted by Gasteiger charge is 2.12. The van der Waals surface area contributed by atoms with Crippen molar-refractivity contribution >= 4 is 5.78 Å². The molecule has 0 radical (unpaired) electrons. The van der Waals surface area contributed by atoms with Gasteiger partial charge in [-0.2, -0.15) is 0 Å². The number of carbonyl (C=O) groups excluding carboxylic acids is 1. The Bertz CT molecular complexity index is 506. The minimum absolute atomic E-state index is 0.0397. The highest BCUT2D eigenvalue weighted by molar-refractivity contribution is 5.98. The van der Waals surface area contributed by atoms with Crippen molar-refractivity contribution in [1.82, 2.24) is 0 Å². The summed E-state index contributed by atoms with van der Waals surface area (Å²) in [5, 5.41) is 0. The van der Waals surface area contributed by atoms with Crippen LogP contribution in [0.5, 0.6) is 11.5 Å². The Morgan fingerprint density at radius 2 is 1.83 bits per heavy atom. The summed E-state index contributed by atoms with van der Waals surface area (Å²) in [6.45, 7) is 0. The van der Waals surface area contributed by atoms with Crippen LogP contribution in [-0.4, -0.2) is 20.0 Å². The molecule has 2 rings (SSSR count). The number of ether oxygens (including phenoxy) is 2. The van der Waals surface area contributed by atoms with E-state index in [0.29, 0.717) is 22.8 Å². The van der Waals surface area contributed by atoms with E-state index in [0.717, 1.165) is 0 Å². The van der Waals surface area contributed by atoms with Gasteiger partial charge in [0, 0.05) is 11.6 Å². The fourth-order valence-electron chi connectivity index (χ4n) is 1.64. The second-order valence-electron chi connectivity index (χ2n) is 3.78. The molecule has 0 amide bonds. The number of hydrogen-bond acceptors (Lipinski definition) is 4. The van der Waals surface area contributed by atoms with Crippen molar-refractivity contribution in [3.05, 3.63) is 47.9 Å². The van der Waals surface area contributed by atoms with Crippen molar-refractivity contribution in [2.45, 2.75) is 6.42 Å². The monoisotopic (exact) mass is 246 g/mol. The average Bonchev–Trinajstić information content (AvgIpc) is 2.90. The number of carbonyl (C=O) groups is 1. The second-order valence-corrected chi connectivity index (χ2v) is 3.78. The smallest absolute Gasteiger partial charge is 0.170 e. The van der Waals surface area contributed by atoms with Gasteiger partial charge in [0.05, 0.1) is 26.9 Å². The number of benzene rings is 1. The maximum atomic E-state index is 12.1. The molecule has 0 aliphatic heterocycles. The van der Waals surface area contributed by atoms with Gasteiger partial charge < -0.3 is 13.9 Å². The summed E-state index contributed by atoms with van der Waals surface area (Å²) < 4.78 is 15.4. The molecule has 0 fully saturated rings. The molecule has 1 heterocycles. The SMILES string of the molecule is COc1cc(OC)cc(C(=O)Cc2ccco2)c1. The van der Waals surface area contributed by atoms with Crippen LogP contribution in [0.2, 0.25) is 0 Å². The summed E-state index contributed by atoms with van der Waals surface area (Å²) in [5.74, 6) is 1.79. The Morgan fingerprint density at radius 3 is 2.33 bits per heavy atom. The van der Waals surface area contributed by atoms with Crippen LogP contribution in [0.4, 0.5) is 0 Å². The van der Waals surface area contributed by atoms with Gasteiger partial charge in [-0.05, 0) is 24.3 Å². The molecule has 18 heavy (non-hydrogen) atoms. The molecule has 0 aliphatic carbocycles. The van der Waals surface area contributed by atoms with Crippen LogP contribution in [0.1, 0.15) is 16.1 Å². The molecule has 0 bridgehead atoms. The number of methoxy groups -OCH3 is 2. The van der Waals surface area contributed by atoms with E-state index in [1.54, 1.807) is 50.8 Å². The van der Waals surface area contributed by atoms with Crippen LogP contribution in [0.25, 0.3) is 0 Å². The van der Waals surface area contributed by atoms with E-state index in [4.69, 9.17) is 13.9 Å². The molecule has 94 valence electrons. The highest BCUT2D eigenvalue weighted by atomic mass is 16.5. The summed E-state index contributed by atoms with van der Waals surface area (Å²) in [7, 11) is 3.10. The summed E-state index contributed by atoms with van der Waals surface area (Å²) in [6.07, 6.45) is 1.78. The van der Waals surface area contributed by atoms with Crippen molar-refractivity contribution < 1.29 is 18.7 Å². The van der Waals surface area contributed by atoms with E-state index < -0.39 is 0 Å². The maximum Gasteiger partial charge on any atom is 0.170 e. The fourth-order valence-corrected chi connectivity index (χ4v) is 1.64. The van der Waals surface area contributed by atoms with Gasteiger partial charge in [-0.3, -0.25) is 4.79 Å². The highest BCUT2D eigenvalue weighted by Crippen LogP contribution is 2.23. The lowest BCUT2D eigenvalue weighted by Gasteiger charge is -2.07. The first-order chi connectivity index (χ1) is 8.72. The van der Waals surface area contributed by atoms with Gasteiger partial charge >= 0.3 is 0 Å². The predicted octanol–water partition coefficient (Wildman–Crippen LogP) is 2.72. The molecule has 0 saturated carbocycles. The molecule has 1 aromatic heterocycles. The Balaban J connectivity index is 2.23. The standard InChI is InChI=1S/C14H14O4/c1-16-12-6-10(7-13(8-12)17-2)14(15)9-11-4-3-5-18-11/h3-8H,9H2,1-2H3. The van der Waals surface area contributed by atoms with E-state index in [2.05, 4.69) is 0 Å². The van der Waals surface area contributed by atoms with Gasteiger partial charge in [0.2, 0.25) is 0 Å². The zero-order valence-electron chi connectivity index (χ0n) is 10.3. The fraction of sp³-hybridized carbons (Fsp3) is 0.214. The van der Waals surface area contributed by atoms with Crippen LogP contribution >= 0.6 is 0 Å². The normalized spacial score (nSPS) is 10.1. The number of ketones is 1. The van der Waals surface area contributed by atoms with Crippen molar-refractivity contribution in [2.24, 2.45) is 0 Å². The summed E-state index contributed by atoms with van der Waals surface area (Å²) in [5.41, 5.74) is 0.544. The molecule has 0 saturated heterocycles. The Hall–Kier alpha value is -2.23. The molecule has 0 unspecified atom stereocenters. The van der Waals surface area contributed by atoms with Crippen molar-refractivity contribution in [3.63, 3.8) is 0 Å². The molecular formula is C14H14O4. The van der Waals surface area contributed by atoms with Gasteiger partial charge in [0.15, 0.2) is 5.78 Å². The number of Topliss-reactive ketones (excluding diaryl/α,β-unsaturated/α-hetero) is 1. The summed E-state index contributed by atoms with van der Waals surface area (Å²) in [4.78, 5) is 12.1. The van der Waals surface area contributed by atoms with Crippen molar-refractivity contribution in [2.75, 3.05) is 14.2 Å². The zero-order chi connectivity index (χ0) is 13.0. The third-order valence-corrected chi connectivity index (χ3v) is 2.59. The Labute approximate surface area is 105 Å².